The Balaban J connectivity index is 1.66. The zero-order chi connectivity index (χ0) is 10.7. The fraction of sp³-hybridized carbons (Fsp3) is 0.818. The van der Waals surface area contributed by atoms with Gasteiger partial charge in [0.15, 0.2) is 0 Å². The van der Waals surface area contributed by atoms with Crippen LogP contribution in [0.1, 0.15) is 38.5 Å². The van der Waals surface area contributed by atoms with Crippen molar-refractivity contribution in [2.24, 2.45) is 0 Å². The molecule has 1 aliphatic heterocycles. The van der Waals surface area contributed by atoms with Crippen molar-refractivity contribution in [1.82, 2.24) is 10.2 Å². The minimum Gasteiger partial charge on any atom is -0.360 e. The van der Waals surface area contributed by atoms with Gasteiger partial charge in [0.2, 0.25) is 5.91 Å². The molecule has 2 rings (SSSR count). The molecule has 1 saturated heterocycles. The SMILES string of the molecule is N=C1CCCCN1CCC(=O)NC1CC1. The Hall–Kier alpha value is -1.06. The van der Waals surface area contributed by atoms with E-state index in [1.165, 1.54) is 0 Å². The van der Waals surface area contributed by atoms with Crippen LogP contribution in [0.3, 0.4) is 0 Å². The van der Waals surface area contributed by atoms with Gasteiger partial charge in [0.05, 0.1) is 5.84 Å². The predicted octanol–water partition coefficient (Wildman–Crippen LogP) is 1.12. The molecule has 2 aliphatic rings. The van der Waals surface area contributed by atoms with Gasteiger partial charge >= 0.3 is 0 Å². The number of hydrogen-bond acceptors (Lipinski definition) is 2. The van der Waals surface area contributed by atoms with Crippen molar-refractivity contribution in [3.8, 4) is 0 Å². The molecule has 84 valence electrons. The van der Waals surface area contributed by atoms with E-state index in [9.17, 15) is 4.79 Å². The summed E-state index contributed by atoms with van der Waals surface area (Å²) in [6, 6.07) is 0.457. The van der Waals surface area contributed by atoms with Crippen molar-refractivity contribution in [2.75, 3.05) is 13.1 Å². The molecule has 1 amide bonds. The molecule has 1 saturated carbocycles. The number of amides is 1. The van der Waals surface area contributed by atoms with Gasteiger partial charge < -0.3 is 10.2 Å². The first-order valence-electron chi connectivity index (χ1n) is 5.87. The Bertz CT molecular complexity index is 261. The zero-order valence-electron chi connectivity index (χ0n) is 9.09. The molecule has 0 unspecified atom stereocenters. The van der Waals surface area contributed by atoms with Gasteiger partial charge in [0.1, 0.15) is 0 Å². The summed E-state index contributed by atoms with van der Waals surface area (Å²) in [5, 5.41) is 10.7. The molecule has 4 nitrogen and oxygen atoms in total. The number of carbonyl (C=O) groups is 1. The van der Waals surface area contributed by atoms with E-state index >= 15 is 0 Å². The minimum atomic E-state index is 0.149. The summed E-state index contributed by atoms with van der Waals surface area (Å²) >= 11 is 0. The van der Waals surface area contributed by atoms with E-state index in [2.05, 4.69) is 5.32 Å². The van der Waals surface area contributed by atoms with Gasteiger partial charge in [-0.3, -0.25) is 10.2 Å². The number of piperidine rings is 1. The lowest BCUT2D eigenvalue weighted by Crippen LogP contribution is -2.38. The second-order valence-corrected chi connectivity index (χ2v) is 4.48. The minimum absolute atomic E-state index is 0.149. The second kappa shape index (κ2) is 4.64. The average molecular weight is 209 g/mol. The fourth-order valence-corrected chi connectivity index (χ4v) is 1.90. The van der Waals surface area contributed by atoms with E-state index in [4.69, 9.17) is 5.41 Å². The van der Waals surface area contributed by atoms with E-state index in [0.717, 1.165) is 45.2 Å². The van der Waals surface area contributed by atoms with Crippen LogP contribution in [0.15, 0.2) is 0 Å². The summed E-state index contributed by atoms with van der Waals surface area (Å²) in [7, 11) is 0. The largest absolute Gasteiger partial charge is 0.360 e. The van der Waals surface area contributed by atoms with Crippen LogP contribution in [0, 0.1) is 5.41 Å². The van der Waals surface area contributed by atoms with Crippen molar-refractivity contribution < 1.29 is 4.79 Å². The van der Waals surface area contributed by atoms with Crippen LogP contribution < -0.4 is 5.32 Å². The molecule has 0 aromatic carbocycles. The Morgan fingerprint density at radius 2 is 2.27 bits per heavy atom. The lowest BCUT2D eigenvalue weighted by Gasteiger charge is -2.28. The first-order valence-corrected chi connectivity index (χ1v) is 5.87. The molecule has 0 spiro atoms. The molecule has 15 heavy (non-hydrogen) atoms. The Kier molecular flexibility index (Phi) is 3.23. The van der Waals surface area contributed by atoms with Crippen LogP contribution in [0.25, 0.3) is 0 Å². The molecule has 4 heteroatoms. The number of amidine groups is 1. The molecule has 0 atom stereocenters. The van der Waals surface area contributed by atoms with Gasteiger partial charge in [0.25, 0.3) is 0 Å². The summed E-state index contributed by atoms with van der Waals surface area (Å²) in [6.45, 7) is 1.67. The maximum Gasteiger partial charge on any atom is 0.221 e. The van der Waals surface area contributed by atoms with Crippen molar-refractivity contribution in [2.45, 2.75) is 44.6 Å². The van der Waals surface area contributed by atoms with Crippen molar-refractivity contribution in [3.05, 3.63) is 0 Å². The summed E-state index contributed by atoms with van der Waals surface area (Å²) in [4.78, 5) is 13.5. The molecule has 1 aliphatic carbocycles. The molecule has 1 heterocycles. The van der Waals surface area contributed by atoms with E-state index in [-0.39, 0.29) is 5.91 Å². The lowest BCUT2D eigenvalue weighted by molar-refractivity contribution is -0.121. The number of rotatable bonds is 4. The van der Waals surface area contributed by atoms with Gasteiger partial charge in [-0.25, -0.2) is 0 Å². The zero-order valence-corrected chi connectivity index (χ0v) is 9.09. The van der Waals surface area contributed by atoms with E-state index in [1.807, 2.05) is 4.90 Å². The molecule has 2 fully saturated rings. The molecule has 0 aromatic rings. The number of nitrogens with zero attached hydrogens (tertiary/aromatic N) is 1. The number of hydrogen-bond donors (Lipinski definition) is 2. The standard InChI is InChI=1S/C11H19N3O/c12-10-3-1-2-7-14(10)8-6-11(15)13-9-4-5-9/h9,12H,1-8H2,(H,13,15). The smallest absolute Gasteiger partial charge is 0.221 e. The number of carbonyl (C=O) groups excluding carboxylic acids is 1. The first-order chi connectivity index (χ1) is 7.25. The van der Waals surface area contributed by atoms with E-state index < -0.39 is 0 Å². The van der Waals surface area contributed by atoms with Gasteiger partial charge in [-0.1, -0.05) is 0 Å². The van der Waals surface area contributed by atoms with Crippen LogP contribution in [-0.4, -0.2) is 35.8 Å². The van der Waals surface area contributed by atoms with Crippen molar-refractivity contribution >= 4 is 11.7 Å². The third kappa shape index (κ3) is 3.22. The maximum atomic E-state index is 11.4. The Morgan fingerprint density at radius 3 is 2.93 bits per heavy atom. The Morgan fingerprint density at radius 1 is 1.47 bits per heavy atom. The summed E-state index contributed by atoms with van der Waals surface area (Å²) in [5.74, 6) is 0.858. The third-order valence-electron chi connectivity index (χ3n) is 3.02. The molecule has 0 radical (unpaired) electrons. The highest BCUT2D eigenvalue weighted by molar-refractivity contribution is 5.81. The fourth-order valence-electron chi connectivity index (χ4n) is 1.90. The highest BCUT2D eigenvalue weighted by Gasteiger charge is 2.23. The molecule has 0 bridgehead atoms. The third-order valence-corrected chi connectivity index (χ3v) is 3.02. The van der Waals surface area contributed by atoms with Crippen LogP contribution in [0.5, 0.6) is 0 Å². The van der Waals surface area contributed by atoms with E-state index in [1.54, 1.807) is 0 Å². The molecular weight excluding hydrogens is 190 g/mol. The lowest BCUT2D eigenvalue weighted by atomic mass is 10.1. The number of likely N-dealkylation sites (tertiary alicyclic amines) is 1. The quantitative estimate of drug-likeness (QED) is 0.729. The molecule has 0 aromatic heterocycles. The highest BCUT2D eigenvalue weighted by Crippen LogP contribution is 2.18. The summed E-state index contributed by atoms with van der Waals surface area (Å²) < 4.78 is 0. The van der Waals surface area contributed by atoms with Gasteiger partial charge in [-0.2, -0.15) is 0 Å². The maximum absolute atomic E-state index is 11.4. The normalized spacial score (nSPS) is 21.6. The predicted molar refractivity (Wildman–Crippen MR) is 58.9 cm³/mol. The van der Waals surface area contributed by atoms with Gasteiger partial charge in [-0.05, 0) is 25.7 Å². The van der Waals surface area contributed by atoms with Crippen molar-refractivity contribution in [3.63, 3.8) is 0 Å². The van der Waals surface area contributed by atoms with Gasteiger partial charge in [-0.15, -0.1) is 0 Å². The molecular formula is C11H19N3O. The van der Waals surface area contributed by atoms with Crippen LogP contribution >= 0.6 is 0 Å². The highest BCUT2D eigenvalue weighted by atomic mass is 16.1. The summed E-state index contributed by atoms with van der Waals surface area (Å²) in [6.07, 6.45) is 6.00. The van der Waals surface area contributed by atoms with Gasteiger partial charge in [0, 0.05) is 32.0 Å². The first kappa shape index (κ1) is 10.5. The summed E-state index contributed by atoms with van der Waals surface area (Å²) in [5.41, 5.74) is 0. The number of nitrogens with one attached hydrogen (secondary N) is 2. The molecule has 2 N–H and O–H groups in total. The van der Waals surface area contributed by atoms with Crippen molar-refractivity contribution in [1.29, 1.82) is 5.41 Å². The van der Waals surface area contributed by atoms with E-state index in [0.29, 0.717) is 18.3 Å². The van der Waals surface area contributed by atoms with Crippen LogP contribution in [0.4, 0.5) is 0 Å². The topological polar surface area (TPSA) is 56.2 Å². The average Bonchev–Trinajstić information content (AvgIpc) is 3.00. The second-order valence-electron chi connectivity index (χ2n) is 4.48. The van der Waals surface area contributed by atoms with Crippen LogP contribution in [0.2, 0.25) is 0 Å². The monoisotopic (exact) mass is 209 g/mol. The van der Waals surface area contributed by atoms with Crippen LogP contribution in [-0.2, 0) is 4.79 Å². The Labute approximate surface area is 90.5 Å².